The number of aryl methyl sites for hydroxylation is 2. The SMILES string of the molecule is Cc1noc(C)c1S(=O)(=O)NC(C)C(=O)NCCC(=O)O. The summed E-state index contributed by atoms with van der Waals surface area (Å²) in [5.74, 6) is -1.55. The van der Waals surface area contributed by atoms with Crippen LogP contribution in [-0.2, 0) is 19.6 Å². The summed E-state index contributed by atoms with van der Waals surface area (Å²) in [6.45, 7) is 4.20. The smallest absolute Gasteiger partial charge is 0.305 e. The van der Waals surface area contributed by atoms with E-state index in [1.54, 1.807) is 0 Å². The molecule has 1 aromatic rings. The lowest BCUT2D eigenvalue weighted by Crippen LogP contribution is -2.45. The molecule has 0 bridgehead atoms. The molecule has 21 heavy (non-hydrogen) atoms. The van der Waals surface area contributed by atoms with E-state index in [1.165, 1.54) is 20.8 Å². The highest BCUT2D eigenvalue weighted by atomic mass is 32.2. The Labute approximate surface area is 121 Å². The van der Waals surface area contributed by atoms with Crippen LogP contribution in [0.25, 0.3) is 0 Å². The topological polar surface area (TPSA) is 139 Å². The second-order valence-electron chi connectivity index (χ2n) is 4.43. The molecule has 0 fully saturated rings. The number of carbonyl (C=O) groups excluding carboxylic acids is 1. The summed E-state index contributed by atoms with van der Waals surface area (Å²) >= 11 is 0. The van der Waals surface area contributed by atoms with Crippen molar-refractivity contribution >= 4 is 21.9 Å². The molecule has 0 spiro atoms. The number of amides is 1. The molecule has 9 nitrogen and oxygen atoms in total. The van der Waals surface area contributed by atoms with Gasteiger partial charge in [0.1, 0.15) is 10.6 Å². The van der Waals surface area contributed by atoms with Crippen molar-refractivity contribution in [3.8, 4) is 0 Å². The van der Waals surface area contributed by atoms with Gasteiger partial charge in [0.15, 0.2) is 5.76 Å². The van der Waals surface area contributed by atoms with Crippen molar-refractivity contribution in [1.29, 1.82) is 0 Å². The van der Waals surface area contributed by atoms with Crippen LogP contribution < -0.4 is 10.0 Å². The number of nitrogens with one attached hydrogen (secondary N) is 2. The summed E-state index contributed by atoms with van der Waals surface area (Å²) in [7, 11) is -3.95. The predicted octanol–water partition coefficient (Wildman–Crippen LogP) is -0.451. The van der Waals surface area contributed by atoms with E-state index < -0.39 is 27.9 Å². The van der Waals surface area contributed by atoms with Crippen LogP contribution in [0.4, 0.5) is 0 Å². The molecule has 10 heteroatoms. The predicted molar refractivity (Wildman–Crippen MR) is 71.0 cm³/mol. The van der Waals surface area contributed by atoms with Crippen LogP contribution >= 0.6 is 0 Å². The van der Waals surface area contributed by atoms with Crippen LogP contribution in [0.5, 0.6) is 0 Å². The number of aliphatic carboxylic acids is 1. The summed E-state index contributed by atoms with van der Waals surface area (Å²) in [5.41, 5.74) is 0.193. The van der Waals surface area contributed by atoms with E-state index in [9.17, 15) is 18.0 Å². The summed E-state index contributed by atoms with van der Waals surface area (Å²) in [4.78, 5) is 21.9. The zero-order chi connectivity index (χ0) is 16.2. The highest BCUT2D eigenvalue weighted by molar-refractivity contribution is 7.89. The van der Waals surface area contributed by atoms with Crippen molar-refractivity contribution in [3.63, 3.8) is 0 Å². The molecule has 0 aromatic carbocycles. The van der Waals surface area contributed by atoms with E-state index in [1.807, 2.05) is 0 Å². The quantitative estimate of drug-likeness (QED) is 0.618. The summed E-state index contributed by atoms with van der Waals surface area (Å²) in [5, 5.41) is 14.3. The molecule has 1 atom stereocenters. The van der Waals surface area contributed by atoms with Crippen molar-refractivity contribution in [2.24, 2.45) is 0 Å². The van der Waals surface area contributed by atoms with E-state index in [0.717, 1.165) is 0 Å². The monoisotopic (exact) mass is 319 g/mol. The normalized spacial score (nSPS) is 12.9. The molecular weight excluding hydrogens is 302 g/mol. The Morgan fingerprint density at radius 2 is 2.00 bits per heavy atom. The number of carboxylic acids is 1. The van der Waals surface area contributed by atoms with E-state index in [2.05, 4.69) is 15.2 Å². The maximum atomic E-state index is 12.1. The molecule has 1 heterocycles. The second-order valence-corrected chi connectivity index (χ2v) is 6.08. The van der Waals surface area contributed by atoms with Crippen molar-refractivity contribution in [3.05, 3.63) is 11.5 Å². The maximum Gasteiger partial charge on any atom is 0.305 e. The number of hydrogen-bond donors (Lipinski definition) is 3. The second kappa shape index (κ2) is 6.68. The first-order chi connectivity index (χ1) is 9.65. The molecule has 1 amide bonds. The molecule has 1 rings (SSSR count). The molecular formula is C11H17N3O6S. The molecule has 118 valence electrons. The van der Waals surface area contributed by atoms with Crippen molar-refractivity contribution < 1.29 is 27.6 Å². The van der Waals surface area contributed by atoms with Crippen LogP contribution in [-0.4, -0.2) is 43.1 Å². The molecule has 0 aliphatic heterocycles. The molecule has 0 aliphatic rings. The van der Waals surface area contributed by atoms with Gasteiger partial charge in [-0.3, -0.25) is 9.59 Å². The van der Waals surface area contributed by atoms with Gasteiger partial charge in [-0.1, -0.05) is 5.16 Å². The third-order valence-electron chi connectivity index (χ3n) is 2.60. The van der Waals surface area contributed by atoms with E-state index in [-0.39, 0.29) is 29.3 Å². The van der Waals surface area contributed by atoms with Gasteiger partial charge < -0.3 is 14.9 Å². The molecule has 0 radical (unpaired) electrons. The van der Waals surface area contributed by atoms with E-state index >= 15 is 0 Å². The largest absolute Gasteiger partial charge is 0.481 e. The third-order valence-corrected chi connectivity index (χ3v) is 4.38. The van der Waals surface area contributed by atoms with Crippen LogP contribution in [0.2, 0.25) is 0 Å². The number of rotatable bonds is 7. The Morgan fingerprint density at radius 1 is 1.38 bits per heavy atom. The fourth-order valence-electron chi connectivity index (χ4n) is 1.65. The Morgan fingerprint density at radius 3 is 2.48 bits per heavy atom. The van der Waals surface area contributed by atoms with E-state index in [4.69, 9.17) is 9.63 Å². The Bertz CT molecular complexity index is 617. The first-order valence-electron chi connectivity index (χ1n) is 6.10. The minimum absolute atomic E-state index is 0.0778. The zero-order valence-corrected chi connectivity index (χ0v) is 12.7. The highest BCUT2D eigenvalue weighted by Gasteiger charge is 2.27. The Balaban J connectivity index is 2.71. The van der Waals surface area contributed by atoms with Crippen LogP contribution in [0.15, 0.2) is 9.42 Å². The maximum absolute atomic E-state index is 12.1. The zero-order valence-electron chi connectivity index (χ0n) is 11.8. The molecule has 3 N–H and O–H groups in total. The average Bonchev–Trinajstić information content (AvgIpc) is 2.68. The van der Waals surface area contributed by atoms with Gasteiger partial charge in [-0.05, 0) is 20.8 Å². The number of nitrogens with zero attached hydrogens (tertiary/aromatic N) is 1. The van der Waals surface area contributed by atoms with Crippen molar-refractivity contribution in [2.75, 3.05) is 6.54 Å². The average molecular weight is 319 g/mol. The standard InChI is InChI=1S/C11H17N3O6S/c1-6-10(8(3)20-13-6)21(18,19)14-7(2)11(17)12-5-4-9(15)16/h7,14H,4-5H2,1-3H3,(H,12,17)(H,15,16). The summed E-state index contributed by atoms with van der Waals surface area (Å²) in [6.07, 6.45) is -0.241. The lowest BCUT2D eigenvalue weighted by molar-refractivity contribution is -0.136. The van der Waals surface area contributed by atoms with Crippen molar-refractivity contribution in [2.45, 2.75) is 38.1 Å². The minimum atomic E-state index is -3.95. The van der Waals surface area contributed by atoms with Gasteiger partial charge in [-0.15, -0.1) is 0 Å². The van der Waals surface area contributed by atoms with Gasteiger partial charge in [-0.2, -0.15) is 4.72 Å². The number of sulfonamides is 1. The van der Waals surface area contributed by atoms with Crippen LogP contribution in [0.3, 0.4) is 0 Å². The highest BCUT2D eigenvalue weighted by Crippen LogP contribution is 2.18. The van der Waals surface area contributed by atoms with E-state index in [0.29, 0.717) is 0 Å². The lowest BCUT2D eigenvalue weighted by Gasteiger charge is -2.13. The lowest BCUT2D eigenvalue weighted by atomic mass is 10.3. The fourth-order valence-corrected chi connectivity index (χ4v) is 3.18. The molecule has 1 aromatic heterocycles. The van der Waals surface area contributed by atoms with Gasteiger partial charge >= 0.3 is 5.97 Å². The molecule has 0 saturated heterocycles. The summed E-state index contributed by atoms with van der Waals surface area (Å²) in [6, 6.07) is -1.06. The van der Waals surface area contributed by atoms with Gasteiger partial charge in [0, 0.05) is 6.54 Å². The first-order valence-corrected chi connectivity index (χ1v) is 7.58. The first kappa shape index (κ1) is 17.1. The summed E-state index contributed by atoms with van der Waals surface area (Å²) < 4.78 is 31.3. The van der Waals surface area contributed by atoms with Crippen LogP contribution in [0.1, 0.15) is 24.8 Å². The van der Waals surface area contributed by atoms with Gasteiger partial charge in [0.05, 0.1) is 12.5 Å². The number of carbonyl (C=O) groups is 2. The molecule has 0 aliphatic carbocycles. The number of carboxylic acid groups (broad SMARTS) is 1. The fraction of sp³-hybridized carbons (Fsp3) is 0.545. The Kier molecular flexibility index (Phi) is 5.44. The molecule has 0 saturated carbocycles. The molecule has 1 unspecified atom stereocenters. The Hall–Kier alpha value is -1.94. The van der Waals surface area contributed by atoms with Gasteiger partial charge in [-0.25, -0.2) is 8.42 Å². The number of hydrogen-bond acceptors (Lipinski definition) is 6. The number of aromatic nitrogens is 1. The minimum Gasteiger partial charge on any atom is -0.481 e. The third kappa shape index (κ3) is 4.53. The van der Waals surface area contributed by atoms with Gasteiger partial charge in [0.2, 0.25) is 15.9 Å². The van der Waals surface area contributed by atoms with Crippen molar-refractivity contribution in [1.82, 2.24) is 15.2 Å². The van der Waals surface area contributed by atoms with Crippen LogP contribution in [0, 0.1) is 13.8 Å². The van der Waals surface area contributed by atoms with Gasteiger partial charge in [0.25, 0.3) is 0 Å².